The van der Waals surface area contributed by atoms with Crippen LogP contribution in [0.25, 0.3) is 0 Å². The lowest BCUT2D eigenvalue weighted by atomic mass is 9.84. The van der Waals surface area contributed by atoms with Crippen molar-refractivity contribution in [1.29, 1.82) is 0 Å². The fraction of sp³-hybridized carbons (Fsp3) is 0.583. The van der Waals surface area contributed by atoms with Crippen LogP contribution in [0.4, 0.5) is 0 Å². The SMILES string of the molecule is c1cc2c(cn1)C1(CCCCN1)CC2. The van der Waals surface area contributed by atoms with Crippen LogP contribution >= 0.6 is 0 Å². The monoisotopic (exact) mass is 188 g/mol. The van der Waals surface area contributed by atoms with Crippen LogP contribution in [-0.2, 0) is 12.0 Å². The minimum absolute atomic E-state index is 0.293. The zero-order valence-corrected chi connectivity index (χ0v) is 8.42. The zero-order valence-electron chi connectivity index (χ0n) is 8.42. The molecule has 2 aliphatic rings. The molecule has 1 spiro atoms. The van der Waals surface area contributed by atoms with E-state index in [0.717, 1.165) is 0 Å². The van der Waals surface area contributed by atoms with Crippen LogP contribution in [0, 0.1) is 0 Å². The molecule has 2 heterocycles. The van der Waals surface area contributed by atoms with E-state index in [2.05, 4.69) is 22.6 Å². The van der Waals surface area contributed by atoms with Gasteiger partial charge in [-0.3, -0.25) is 4.98 Å². The van der Waals surface area contributed by atoms with Crippen molar-refractivity contribution in [3.8, 4) is 0 Å². The first kappa shape index (κ1) is 8.42. The van der Waals surface area contributed by atoms with Crippen LogP contribution in [0.1, 0.15) is 36.8 Å². The predicted octanol–water partition coefficient (Wildman–Crippen LogP) is 2.00. The van der Waals surface area contributed by atoms with E-state index in [4.69, 9.17) is 0 Å². The van der Waals surface area contributed by atoms with Gasteiger partial charge in [-0.15, -0.1) is 0 Å². The molecule has 2 nitrogen and oxygen atoms in total. The Morgan fingerprint density at radius 3 is 3.14 bits per heavy atom. The number of aromatic nitrogens is 1. The summed E-state index contributed by atoms with van der Waals surface area (Å²) in [6, 6.07) is 2.18. The highest BCUT2D eigenvalue weighted by molar-refractivity contribution is 5.36. The number of aryl methyl sites for hydroxylation is 1. The first-order valence-electron chi connectivity index (χ1n) is 5.59. The molecule has 2 heteroatoms. The number of piperidine rings is 1. The summed E-state index contributed by atoms with van der Waals surface area (Å²) in [5.41, 5.74) is 3.27. The summed E-state index contributed by atoms with van der Waals surface area (Å²) in [5, 5.41) is 3.71. The van der Waals surface area contributed by atoms with Gasteiger partial charge >= 0.3 is 0 Å². The Hall–Kier alpha value is -0.890. The molecule has 1 atom stereocenters. The van der Waals surface area contributed by atoms with Crippen molar-refractivity contribution in [2.24, 2.45) is 0 Å². The normalized spacial score (nSPS) is 30.6. The molecule has 0 bridgehead atoms. The number of hydrogen-bond acceptors (Lipinski definition) is 2. The summed E-state index contributed by atoms with van der Waals surface area (Å²) in [6.07, 6.45) is 10.5. The average molecular weight is 188 g/mol. The third-order valence-electron chi connectivity index (χ3n) is 3.74. The molecule has 0 amide bonds. The predicted molar refractivity (Wildman–Crippen MR) is 56.1 cm³/mol. The van der Waals surface area contributed by atoms with E-state index in [1.807, 2.05) is 6.20 Å². The summed E-state index contributed by atoms with van der Waals surface area (Å²) in [7, 11) is 0. The minimum atomic E-state index is 0.293. The van der Waals surface area contributed by atoms with Crippen LogP contribution in [0.15, 0.2) is 18.5 Å². The van der Waals surface area contributed by atoms with Crippen molar-refractivity contribution in [2.45, 2.75) is 37.6 Å². The van der Waals surface area contributed by atoms with Crippen LogP contribution in [0.3, 0.4) is 0 Å². The second-order valence-corrected chi connectivity index (χ2v) is 4.50. The van der Waals surface area contributed by atoms with Gasteiger partial charge in [-0.1, -0.05) is 6.42 Å². The van der Waals surface area contributed by atoms with Gasteiger partial charge in [-0.2, -0.15) is 0 Å². The second kappa shape index (κ2) is 3.06. The molecule has 3 rings (SSSR count). The molecular weight excluding hydrogens is 172 g/mol. The molecular formula is C12H16N2. The maximum absolute atomic E-state index is 4.27. The highest BCUT2D eigenvalue weighted by atomic mass is 15.0. The average Bonchev–Trinajstić information content (AvgIpc) is 2.60. The van der Waals surface area contributed by atoms with Gasteiger partial charge in [0, 0.05) is 17.9 Å². The number of fused-ring (bicyclic) bond motifs is 2. The standard InChI is InChI=1S/C12H16N2/c1-2-7-14-12(5-1)6-3-10-4-8-13-9-11(10)12/h4,8-9,14H,1-3,5-7H2. The topological polar surface area (TPSA) is 24.9 Å². The van der Waals surface area contributed by atoms with Crippen LogP contribution in [0.2, 0.25) is 0 Å². The molecule has 0 saturated carbocycles. The summed E-state index contributed by atoms with van der Waals surface area (Å²) in [5.74, 6) is 0. The van der Waals surface area contributed by atoms with E-state index in [1.54, 1.807) is 0 Å². The Balaban J connectivity index is 2.03. The lowest BCUT2D eigenvalue weighted by Crippen LogP contribution is -2.44. The molecule has 0 radical (unpaired) electrons. The van der Waals surface area contributed by atoms with E-state index >= 15 is 0 Å². The summed E-state index contributed by atoms with van der Waals surface area (Å²) < 4.78 is 0. The van der Waals surface area contributed by atoms with Crippen molar-refractivity contribution in [1.82, 2.24) is 10.3 Å². The highest BCUT2D eigenvalue weighted by Crippen LogP contribution is 2.41. The number of rotatable bonds is 0. The fourth-order valence-corrected chi connectivity index (χ4v) is 2.97. The summed E-state index contributed by atoms with van der Waals surface area (Å²) >= 11 is 0. The molecule has 1 aliphatic heterocycles. The lowest BCUT2D eigenvalue weighted by Gasteiger charge is -2.35. The molecule has 1 aliphatic carbocycles. The van der Waals surface area contributed by atoms with Crippen LogP contribution in [-0.4, -0.2) is 11.5 Å². The smallest absolute Gasteiger partial charge is 0.0455 e. The van der Waals surface area contributed by atoms with Crippen molar-refractivity contribution >= 4 is 0 Å². The van der Waals surface area contributed by atoms with Crippen LogP contribution < -0.4 is 5.32 Å². The first-order valence-corrected chi connectivity index (χ1v) is 5.59. The van der Waals surface area contributed by atoms with Crippen molar-refractivity contribution < 1.29 is 0 Å². The highest BCUT2D eigenvalue weighted by Gasteiger charge is 2.39. The Bertz CT molecular complexity index is 334. The second-order valence-electron chi connectivity index (χ2n) is 4.50. The van der Waals surface area contributed by atoms with Gasteiger partial charge in [0.25, 0.3) is 0 Å². The molecule has 1 aromatic heterocycles. The Labute approximate surface area is 84.7 Å². The largest absolute Gasteiger partial charge is 0.307 e. The van der Waals surface area contributed by atoms with Crippen molar-refractivity contribution in [3.63, 3.8) is 0 Å². The summed E-state index contributed by atoms with van der Waals surface area (Å²) in [6.45, 7) is 1.17. The maximum atomic E-state index is 4.27. The number of hydrogen-bond donors (Lipinski definition) is 1. The molecule has 1 unspecified atom stereocenters. The first-order chi connectivity index (χ1) is 6.91. The molecule has 0 aromatic carbocycles. The van der Waals surface area contributed by atoms with E-state index in [-0.39, 0.29) is 0 Å². The third-order valence-corrected chi connectivity index (χ3v) is 3.74. The quantitative estimate of drug-likeness (QED) is 0.673. The Morgan fingerprint density at radius 2 is 2.29 bits per heavy atom. The maximum Gasteiger partial charge on any atom is 0.0455 e. The fourth-order valence-electron chi connectivity index (χ4n) is 2.97. The van der Waals surface area contributed by atoms with E-state index in [9.17, 15) is 0 Å². The van der Waals surface area contributed by atoms with Gasteiger partial charge in [-0.25, -0.2) is 0 Å². The number of nitrogens with one attached hydrogen (secondary N) is 1. The van der Waals surface area contributed by atoms with Gasteiger partial charge < -0.3 is 5.32 Å². The summed E-state index contributed by atoms with van der Waals surface area (Å²) in [4.78, 5) is 4.27. The molecule has 1 N–H and O–H groups in total. The molecule has 1 aromatic rings. The third kappa shape index (κ3) is 1.10. The van der Waals surface area contributed by atoms with Crippen molar-refractivity contribution in [2.75, 3.05) is 6.54 Å². The minimum Gasteiger partial charge on any atom is -0.307 e. The van der Waals surface area contributed by atoms with Gasteiger partial charge in [0.2, 0.25) is 0 Å². The lowest BCUT2D eigenvalue weighted by molar-refractivity contribution is 0.256. The van der Waals surface area contributed by atoms with E-state index in [0.29, 0.717) is 5.54 Å². The Kier molecular flexibility index (Phi) is 1.84. The number of nitrogens with zero attached hydrogens (tertiary/aromatic N) is 1. The molecule has 14 heavy (non-hydrogen) atoms. The van der Waals surface area contributed by atoms with Crippen LogP contribution in [0.5, 0.6) is 0 Å². The van der Waals surface area contributed by atoms with E-state index in [1.165, 1.54) is 49.8 Å². The van der Waals surface area contributed by atoms with E-state index < -0.39 is 0 Å². The van der Waals surface area contributed by atoms with Gasteiger partial charge in [-0.05, 0) is 49.4 Å². The van der Waals surface area contributed by atoms with Gasteiger partial charge in [0.1, 0.15) is 0 Å². The molecule has 74 valence electrons. The van der Waals surface area contributed by atoms with Crippen molar-refractivity contribution in [3.05, 3.63) is 29.6 Å². The molecule has 1 saturated heterocycles. The van der Waals surface area contributed by atoms with Gasteiger partial charge in [0.15, 0.2) is 0 Å². The molecule has 1 fully saturated rings. The van der Waals surface area contributed by atoms with Gasteiger partial charge in [0.05, 0.1) is 0 Å². The zero-order chi connectivity index (χ0) is 9.43. The number of pyridine rings is 1. The Morgan fingerprint density at radius 1 is 1.29 bits per heavy atom.